The van der Waals surface area contributed by atoms with E-state index in [9.17, 15) is 5.11 Å². The van der Waals surface area contributed by atoms with Gasteiger partial charge in [-0.1, -0.05) is 11.6 Å². The molecule has 0 saturated heterocycles. The van der Waals surface area contributed by atoms with Gasteiger partial charge in [0.1, 0.15) is 0 Å². The molecule has 1 N–H and O–H groups in total. The second-order valence-corrected chi connectivity index (χ2v) is 4.04. The highest BCUT2D eigenvalue weighted by Crippen LogP contribution is 2.17. The summed E-state index contributed by atoms with van der Waals surface area (Å²) in [7, 11) is 0. The molecule has 0 fully saturated rings. The molecule has 2 aromatic rings. The van der Waals surface area contributed by atoms with E-state index in [4.69, 9.17) is 11.6 Å². The number of aromatic nitrogens is 3. The maximum atomic E-state index is 9.47. The molecule has 2 rings (SSSR count). The maximum absolute atomic E-state index is 9.47. The van der Waals surface area contributed by atoms with Crippen LogP contribution in [-0.2, 0) is 0 Å². The number of aliphatic hydroxyl groups excluding tert-OH is 1. The Hall–Kier alpha value is -1.39. The van der Waals surface area contributed by atoms with Gasteiger partial charge in [-0.05, 0) is 31.5 Å². The van der Waals surface area contributed by atoms with Crippen LogP contribution in [0.3, 0.4) is 0 Å². The van der Waals surface area contributed by atoms with Gasteiger partial charge >= 0.3 is 0 Å². The maximum Gasteiger partial charge on any atom is 0.153 e. The van der Waals surface area contributed by atoms with Crippen LogP contribution < -0.4 is 0 Å². The van der Waals surface area contributed by atoms with Gasteiger partial charge in [-0.2, -0.15) is 5.10 Å². The number of aryl methyl sites for hydroxylation is 1. The van der Waals surface area contributed by atoms with Crippen molar-refractivity contribution < 1.29 is 5.11 Å². The standard InChI is InChI=1S/C11H12ClN3O/c1-7-10(12)6-15(14-7)11-5-9(8(2)16)3-4-13-11/h3-6,8,16H,1-2H3/t8-/m1/s1. The molecular weight excluding hydrogens is 226 g/mol. The zero-order valence-electron chi connectivity index (χ0n) is 9.05. The third-order valence-electron chi connectivity index (χ3n) is 2.33. The van der Waals surface area contributed by atoms with Crippen LogP contribution in [0.4, 0.5) is 0 Å². The first-order valence-electron chi connectivity index (χ1n) is 4.94. The van der Waals surface area contributed by atoms with Crippen molar-refractivity contribution in [2.24, 2.45) is 0 Å². The Morgan fingerprint density at radius 3 is 2.81 bits per heavy atom. The Bertz CT molecular complexity index is 488. The Labute approximate surface area is 98.5 Å². The van der Waals surface area contributed by atoms with Crippen LogP contribution in [-0.4, -0.2) is 19.9 Å². The monoisotopic (exact) mass is 237 g/mol. The zero-order chi connectivity index (χ0) is 11.7. The molecule has 0 spiro atoms. The zero-order valence-corrected chi connectivity index (χ0v) is 9.81. The largest absolute Gasteiger partial charge is 0.389 e. The smallest absolute Gasteiger partial charge is 0.153 e. The summed E-state index contributed by atoms with van der Waals surface area (Å²) in [6.07, 6.45) is 2.82. The number of hydrogen-bond acceptors (Lipinski definition) is 3. The summed E-state index contributed by atoms with van der Waals surface area (Å²) in [5, 5.41) is 14.3. The Morgan fingerprint density at radius 1 is 1.50 bits per heavy atom. The summed E-state index contributed by atoms with van der Waals surface area (Å²) in [6, 6.07) is 3.56. The summed E-state index contributed by atoms with van der Waals surface area (Å²) in [5.41, 5.74) is 1.56. The van der Waals surface area contributed by atoms with Gasteiger partial charge in [0.2, 0.25) is 0 Å². The SMILES string of the molecule is Cc1nn(-c2cc([C@@H](C)O)ccn2)cc1Cl. The fourth-order valence-electron chi connectivity index (χ4n) is 1.38. The van der Waals surface area contributed by atoms with Crippen molar-refractivity contribution in [3.63, 3.8) is 0 Å². The highest BCUT2D eigenvalue weighted by Gasteiger charge is 2.07. The molecule has 4 nitrogen and oxygen atoms in total. The van der Waals surface area contributed by atoms with E-state index in [2.05, 4.69) is 10.1 Å². The van der Waals surface area contributed by atoms with Crippen LogP contribution in [0.15, 0.2) is 24.5 Å². The number of rotatable bonds is 2. The minimum atomic E-state index is -0.520. The Morgan fingerprint density at radius 2 is 2.25 bits per heavy atom. The van der Waals surface area contributed by atoms with Crippen molar-refractivity contribution in [2.75, 3.05) is 0 Å². The summed E-state index contributed by atoms with van der Waals surface area (Å²) >= 11 is 5.92. The van der Waals surface area contributed by atoms with E-state index in [-0.39, 0.29) is 0 Å². The normalized spacial score (nSPS) is 12.8. The molecule has 16 heavy (non-hydrogen) atoms. The van der Waals surface area contributed by atoms with Crippen LogP contribution in [0.5, 0.6) is 0 Å². The van der Waals surface area contributed by atoms with Crippen LogP contribution in [0.25, 0.3) is 5.82 Å². The molecule has 84 valence electrons. The van der Waals surface area contributed by atoms with E-state index >= 15 is 0 Å². The van der Waals surface area contributed by atoms with Crippen molar-refractivity contribution in [3.05, 3.63) is 40.8 Å². The van der Waals surface area contributed by atoms with Crippen LogP contribution in [0.1, 0.15) is 24.3 Å². The minimum Gasteiger partial charge on any atom is -0.389 e. The third kappa shape index (κ3) is 2.08. The molecule has 0 amide bonds. The molecule has 2 aromatic heterocycles. The first kappa shape index (κ1) is 11.1. The molecular formula is C11H12ClN3O. The van der Waals surface area contributed by atoms with Gasteiger partial charge in [-0.3, -0.25) is 0 Å². The van der Waals surface area contributed by atoms with Crippen LogP contribution in [0.2, 0.25) is 5.02 Å². The van der Waals surface area contributed by atoms with E-state index in [0.717, 1.165) is 11.3 Å². The molecule has 1 atom stereocenters. The van der Waals surface area contributed by atoms with Crippen molar-refractivity contribution >= 4 is 11.6 Å². The number of aliphatic hydroxyl groups is 1. The molecule has 5 heteroatoms. The Balaban J connectivity index is 2.44. The van der Waals surface area contributed by atoms with Crippen molar-refractivity contribution in [2.45, 2.75) is 20.0 Å². The van der Waals surface area contributed by atoms with E-state index in [1.807, 2.05) is 6.92 Å². The lowest BCUT2D eigenvalue weighted by molar-refractivity contribution is 0.199. The van der Waals surface area contributed by atoms with E-state index in [1.54, 1.807) is 36.1 Å². The molecule has 0 aliphatic rings. The van der Waals surface area contributed by atoms with Gasteiger partial charge in [0.15, 0.2) is 5.82 Å². The molecule has 0 unspecified atom stereocenters. The lowest BCUT2D eigenvalue weighted by atomic mass is 10.2. The molecule has 2 heterocycles. The van der Waals surface area contributed by atoms with Crippen LogP contribution >= 0.6 is 11.6 Å². The van der Waals surface area contributed by atoms with Crippen molar-refractivity contribution in [3.8, 4) is 5.82 Å². The van der Waals surface area contributed by atoms with E-state index in [1.165, 1.54) is 0 Å². The van der Waals surface area contributed by atoms with Gasteiger partial charge in [-0.15, -0.1) is 0 Å². The fourth-order valence-corrected chi connectivity index (χ4v) is 1.51. The lowest BCUT2D eigenvalue weighted by Crippen LogP contribution is -2.00. The van der Waals surface area contributed by atoms with Crippen LogP contribution in [0, 0.1) is 6.92 Å². The van der Waals surface area contributed by atoms with Gasteiger partial charge in [0, 0.05) is 6.20 Å². The summed E-state index contributed by atoms with van der Waals surface area (Å²) in [5.74, 6) is 0.647. The second kappa shape index (κ2) is 4.23. The first-order chi connectivity index (χ1) is 7.58. The van der Waals surface area contributed by atoms with Gasteiger partial charge in [0.05, 0.1) is 23.0 Å². The van der Waals surface area contributed by atoms with Crippen molar-refractivity contribution in [1.29, 1.82) is 0 Å². The average molecular weight is 238 g/mol. The van der Waals surface area contributed by atoms with E-state index in [0.29, 0.717) is 10.8 Å². The number of nitrogens with zero attached hydrogens (tertiary/aromatic N) is 3. The van der Waals surface area contributed by atoms with Gasteiger partial charge in [-0.25, -0.2) is 9.67 Å². The quantitative estimate of drug-likeness (QED) is 0.872. The lowest BCUT2D eigenvalue weighted by Gasteiger charge is -2.06. The first-order valence-corrected chi connectivity index (χ1v) is 5.32. The average Bonchev–Trinajstić information content (AvgIpc) is 2.59. The number of hydrogen-bond donors (Lipinski definition) is 1. The Kier molecular flexibility index (Phi) is 2.94. The summed E-state index contributed by atoms with van der Waals surface area (Å²) < 4.78 is 1.60. The summed E-state index contributed by atoms with van der Waals surface area (Å²) in [4.78, 5) is 4.18. The molecule has 0 bridgehead atoms. The molecule has 0 saturated carbocycles. The van der Waals surface area contributed by atoms with E-state index < -0.39 is 6.10 Å². The molecule has 0 radical (unpaired) electrons. The number of pyridine rings is 1. The predicted molar refractivity (Wildman–Crippen MR) is 61.7 cm³/mol. The third-order valence-corrected chi connectivity index (χ3v) is 2.70. The molecule has 0 aliphatic carbocycles. The second-order valence-electron chi connectivity index (χ2n) is 3.63. The minimum absolute atomic E-state index is 0.520. The van der Waals surface area contributed by atoms with Gasteiger partial charge in [0.25, 0.3) is 0 Å². The fraction of sp³-hybridized carbons (Fsp3) is 0.273. The number of halogens is 1. The summed E-state index contributed by atoms with van der Waals surface area (Å²) in [6.45, 7) is 3.54. The molecule has 0 aliphatic heterocycles. The topological polar surface area (TPSA) is 50.9 Å². The van der Waals surface area contributed by atoms with Gasteiger partial charge < -0.3 is 5.11 Å². The van der Waals surface area contributed by atoms with Crippen molar-refractivity contribution in [1.82, 2.24) is 14.8 Å². The highest BCUT2D eigenvalue weighted by molar-refractivity contribution is 6.31. The molecule has 0 aromatic carbocycles. The predicted octanol–water partition coefficient (Wildman–Crippen LogP) is 2.28. The highest BCUT2D eigenvalue weighted by atomic mass is 35.5.